The summed E-state index contributed by atoms with van der Waals surface area (Å²) >= 11 is 0. The molecule has 0 bridgehead atoms. The average molecular weight is 368 g/mol. The lowest BCUT2D eigenvalue weighted by molar-refractivity contribution is -0.130. The van der Waals surface area contributed by atoms with Crippen molar-refractivity contribution in [3.05, 3.63) is 41.7 Å². The number of unbranched alkanes of at least 4 members (excludes halogenated alkanes) is 5. The zero-order valence-electron chi connectivity index (χ0n) is 16.0. The van der Waals surface area contributed by atoms with Gasteiger partial charge in [0.2, 0.25) is 5.91 Å². The van der Waals surface area contributed by atoms with Gasteiger partial charge in [-0.05, 0) is 24.5 Å². The van der Waals surface area contributed by atoms with Gasteiger partial charge in [0.1, 0.15) is 0 Å². The molecule has 0 radical (unpaired) electrons. The SMILES string of the molecule is CCCCCCCCC(=O)N1C=C(C(=O)O)c2[nH]c3ccccc3c2CC1. The number of carbonyl (C=O) groups is 2. The molecule has 27 heavy (non-hydrogen) atoms. The van der Waals surface area contributed by atoms with Gasteiger partial charge in [0, 0.05) is 30.1 Å². The third-order valence-electron chi connectivity index (χ3n) is 5.27. The predicted octanol–water partition coefficient (Wildman–Crippen LogP) is 4.73. The molecule has 1 aromatic heterocycles. The second kappa shape index (κ2) is 8.89. The van der Waals surface area contributed by atoms with E-state index in [9.17, 15) is 14.7 Å². The Morgan fingerprint density at radius 3 is 2.63 bits per heavy atom. The molecule has 0 saturated carbocycles. The first-order valence-electron chi connectivity index (χ1n) is 9.96. The van der Waals surface area contributed by atoms with Gasteiger partial charge >= 0.3 is 5.97 Å². The number of aliphatic carboxylic acids is 1. The average Bonchev–Trinajstić information content (AvgIpc) is 2.91. The summed E-state index contributed by atoms with van der Waals surface area (Å²) in [7, 11) is 0. The van der Waals surface area contributed by atoms with Crippen molar-refractivity contribution in [1.29, 1.82) is 0 Å². The molecule has 0 spiro atoms. The number of hydrogen-bond donors (Lipinski definition) is 2. The molecule has 1 aliphatic rings. The second-order valence-electron chi connectivity index (χ2n) is 7.23. The van der Waals surface area contributed by atoms with Crippen LogP contribution in [0.4, 0.5) is 0 Å². The predicted molar refractivity (Wildman–Crippen MR) is 107 cm³/mol. The molecule has 144 valence electrons. The van der Waals surface area contributed by atoms with Crippen molar-refractivity contribution < 1.29 is 14.7 Å². The summed E-state index contributed by atoms with van der Waals surface area (Å²) in [5.41, 5.74) is 2.70. The Balaban J connectivity index is 1.73. The molecule has 1 aliphatic heterocycles. The Morgan fingerprint density at radius 1 is 1.11 bits per heavy atom. The van der Waals surface area contributed by atoms with E-state index in [1.165, 1.54) is 25.5 Å². The summed E-state index contributed by atoms with van der Waals surface area (Å²) in [5, 5.41) is 10.7. The van der Waals surface area contributed by atoms with Gasteiger partial charge in [0.05, 0.1) is 11.3 Å². The van der Waals surface area contributed by atoms with Gasteiger partial charge in [-0.25, -0.2) is 4.79 Å². The first-order valence-corrected chi connectivity index (χ1v) is 9.96. The Hall–Kier alpha value is -2.56. The molecule has 0 aliphatic carbocycles. The quantitative estimate of drug-likeness (QED) is 0.662. The highest BCUT2D eigenvalue weighted by Crippen LogP contribution is 2.31. The zero-order valence-corrected chi connectivity index (χ0v) is 16.0. The first-order chi connectivity index (χ1) is 13.1. The van der Waals surface area contributed by atoms with Gasteiger partial charge in [0.25, 0.3) is 0 Å². The number of hydrogen-bond acceptors (Lipinski definition) is 2. The minimum Gasteiger partial charge on any atom is -0.478 e. The van der Waals surface area contributed by atoms with Crippen LogP contribution in [0.1, 0.15) is 63.1 Å². The molecule has 1 amide bonds. The molecule has 2 aromatic rings. The van der Waals surface area contributed by atoms with Crippen molar-refractivity contribution in [2.45, 2.75) is 58.3 Å². The fourth-order valence-corrected chi connectivity index (χ4v) is 3.77. The van der Waals surface area contributed by atoms with Crippen LogP contribution in [0.5, 0.6) is 0 Å². The molecule has 1 aromatic carbocycles. The molecule has 0 saturated heterocycles. The fraction of sp³-hybridized carbons (Fsp3) is 0.455. The molecule has 0 unspecified atom stereocenters. The number of amides is 1. The summed E-state index contributed by atoms with van der Waals surface area (Å²) in [4.78, 5) is 29.3. The minimum absolute atomic E-state index is 0.0127. The maximum atomic E-state index is 12.6. The van der Waals surface area contributed by atoms with Crippen LogP contribution in [0.2, 0.25) is 0 Å². The van der Waals surface area contributed by atoms with Crippen LogP contribution in [0.3, 0.4) is 0 Å². The minimum atomic E-state index is -1.01. The van der Waals surface area contributed by atoms with E-state index >= 15 is 0 Å². The number of benzene rings is 1. The van der Waals surface area contributed by atoms with Crippen molar-refractivity contribution in [2.24, 2.45) is 0 Å². The maximum absolute atomic E-state index is 12.6. The maximum Gasteiger partial charge on any atom is 0.339 e. The normalized spacial score (nSPS) is 14.0. The monoisotopic (exact) mass is 368 g/mol. The van der Waals surface area contributed by atoms with Gasteiger partial charge in [-0.15, -0.1) is 0 Å². The van der Waals surface area contributed by atoms with Crippen LogP contribution in [-0.2, 0) is 16.0 Å². The lowest BCUT2D eigenvalue weighted by Gasteiger charge is -2.17. The van der Waals surface area contributed by atoms with Crippen molar-refractivity contribution in [3.8, 4) is 0 Å². The highest BCUT2D eigenvalue weighted by molar-refractivity contribution is 6.17. The molecular formula is C22H28N2O3. The summed E-state index contributed by atoms with van der Waals surface area (Å²) in [6, 6.07) is 7.83. The number of carbonyl (C=O) groups excluding carboxylic acids is 1. The van der Waals surface area contributed by atoms with Gasteiger partial charge in [-0.3, -0.25) is 4.79 Å². The van der Waals surface area contributed by atoms with Crippen molar-refractivity contribution >= 4 is 28.4 Å². The highest BCUT2D eigenvalue weighted by Gasteiger charge is 2.25. The molecule has 3 rings (SSSR count). The standard InChI is InChI=1S/C22H28N2O3/c1-2-3-4-5-6-7-12-20(25)24-14-13-17-16-10-8-9-11-19(16)23-21(17)18(15-24)22(26)27/h8-11,15,23H,2-7,12-14H2,1H3,(H,26,27). The van der Waals surface area contributed by atoms with E-state index in [1.807, 2.05) is 24.3 Å². The van der Waals surface area contributed by atoms with Gasteiger partial charge in [-0.1, -0.05) is 57.2 Å². The van der Waals surface area contributed by atoms with E-state index in [0.717, 1.165) is 35.7 Å². The molecule has 5 nitrogen and oxygen atoms in total. The molecule has 2 heterocycles. The number of rotatable bonds is 8. The molecule has 2 N–H and O–H groups in total. The number of fused-ring (bicyclic) bond motifs is 3. The first kappa shape index (κ1) is 19.2. The molecule has 5 heteroatoms. The number of nitrogens with one attached hydrogen (secondary N) is 1. The van der Waals surface area contributed by atoms with Crippen LogP contribution in [0.25, 0.3) is 16.5 Å². The highest BCUT2D eigenvalue weighted by atomic mass is 16.4. The van der Waals surface area contributed by atoms with E-state index in [0.29, 0.717) is 25.1 Å². The Bertz CT molecular complexity index is 850. The smallest absolute Gasteiger partial charge is 0.339 e. The summed E-state index contributed by atoms with van der Waals surface area (Å²) in [6.45, 7) is 2.70. The Morgan fingerprint density at radius 2 is 1.85 bits per heavy atom. The number of aromatic amines is 1. The van der Waals surface area contributed by atoms with E-state index < -0.39 is 5.97 Å². The Labute approximate surface area is 160 Å². The summed E-state index contributed by atoms with van der Waals surface area (Å²) in [5.74, 6) is -0.999. The van der Waals surface area contributed by atoms with Gasteiger partial charge in [0.15, 0.2) is 0 Å². The van der Waals surface area contributed by atoms with E-state index in [1.54, 1.807) is 4.90 Å². The van der Waals surface area contributed by atoms with Crippen LogP contribution in [0, 0.1) is 0 Å². The zero-order chi connectivity index (χ0) is 19.2. The molecule has 0 atom stereocenters. The van der Waals surface area contributed by atoms with Crippen LogP contribution < -0.4 is 0 Å². The van der Waals surface area contributed by atoms with Gasteiger partial charge in [-0.2, -0.15) is 0 Å². The summed E-state index contributed by atoms with van der Waals surface area (Å²) in [6.07, 6.45) is 9.40. The van der Waals surface area contributed by atoms with E-state index in [4.69, 9.17) is 0 Å². The third-order valence-corrected chi connectivity index (χ3v) is 5.27. The van der Waals surface area contributed by atoms with E-state index in [-0.39, 0.29) is 11.5 Å². The lowest BCUT2D eigenvalue weighted by Crippen LogP contribution is -2.27. The number of H-pyrrole nitrogens is 1. The van der Waals surface area contributed by atoms with E-state index in [2.05, 4.69) is 11.9 Å². The van der Waals surface area contributed by atoms with Crippen molar-refractivity contribution in [2.75, 3.05) is 6.54 Å². The molecular weight excluding hydrogens is 340 g/mol. The molecule has 0 fully saturated rings. The Kier molecular flexibility index (Phi) is 6.32. The largest absolute Gasteiger partial charge is 0.478 e. The van der Waals surface area contributed by atoms with Crippen LogP contribution >= 0.6 is 0 Å². The summed E-state index contributed by atoms with van der Waals surface area (Å²) < 4.78 is 0. The lowest BCUT2D eigenvalue weighted by atomic mass is 10.0. The number of carboxylic acids is 1. The number of aromatic nitrogens is 1. The topological polar surface area (TPSA) is 73.4 Å². The van der Waals surface area contributed by atoms with Crippen molar-refractivity contribution in [1.82, 2.24) is 9.88 Å². The van der Waals surface area contributed by atoms with Crippen molar-refractivity contribution in [3.63, 3.8) is 0 Å². The van der Waals surface area contributed by atoms with Crippen LogP contribution in [-0.4, -0.2) is 33.4 Å². The second-order valence-corrected chi connectivity index (χ2v) is 7.23. The number of para-hydroxylation sites is 1. The number of nitrogens with zero attached hydrogens (tertiary/aromatic N) is 1. The number of carboxylic acid groups (broad SMARTS) is 1. The van der Waals surface area contributed by atoms with Gasteiger partial charge < -0.3 is 15.0 Å². The fourth-order valence-electron chi connectivity index (χ4n) is 3.77. The third kappa shape index (κ3) is 4.41. The van der Waals surface area contributed by atoms with Crippen LogP contribution in [0.15, 0.2) is 30.5 Å².